The Bertz CT molecular complexity index is 693. The summed E-state index contributed by atoms with van der Waals surface area (Å²) in [6.45, 7) is 4.53. The van der Waals surface area contributed by atoms with Crippen molar-refractivity contribution >= 4 is 5.69 Å². The second-order valence-electron chi connectivity index (χ2n) is 8.53. The largest absolute Gasteiger partial charge is 0.364 e. The van der Waals surface area contributed by atoms with Gasteiger partial charge < -0.3 is 4.90 Å². The van der Waals surface area contributed by atoms with Gasteiger partial charge in [-0.2, -0.15) is 0 Å². The molecule has 0 spiro atoms. The Morgan fingerprint density at radius 2 is 1.38 bits per heavy atom. The molecule has 4 rings (SSSR count). The standard InChI is InChI=1S/C24H34N2/c1-18-23(25-19(2)20-12-6-3-7-13-20)24(18)26(21-14-8-4-9-15-21)22-16-10-5-11-17-22/h3,6-7,12-13,19,21-22H,4-5,8-11,14-17H2,1-2H3/b25-23-/t19-/m0/s1. The fourth-order valence-electron chi connectivity index (χ4n) is 5.11. The molecule has 2 aliphatic rings. The van der Waals surface area contributed by atoms with Crippen LogP contribution in [0.25, 0.3) is 0 Å². The fourth-order valence-corrected chi connectivity index (χ4v) is 5.11. The summed E-state index contributed by atoms with van der Waals surface area (Å²) in [5.74, 6) is 0. The maximum absolute atomic E-state index is 5.13. The summed E-state index contributed by atoms with van der Waals surface area (Å²) >= 11 is 0. The molecule has 2 heteroatoms. The Morgan fingerprint density at radius 1 is 0.846 bits per heavy atom. The lowest BCUT2D eigenvalue weighted by Gasteiger charge is -2.41. The van der Waals surface area contributed by atoms with Crippen LogP contribution in [0.15, 0.2) is 35.3 Å². The summed E-state index contributed by atoms with van der Waals surface area (Å²) in [6.07, 6.45) is 14.0. The molecule has 0 unspecified atom stereocenters. The number of hydrogen-bond acceptors (Lipinski definition) is 2. The van der Waals surface area contributed by atoms with Crippen molar-refractivity contribution in [3.05, 3.63) is 46.8 Å². The molecule has 26 heavy (non-hydrogen) atoms. The van der Waals surface area contributed by atoms with E-state index in [1.165, 1.54) is 86.4 Å². The molecule has 0 saturated heterocycles. The summed E-state index contributed by atoms with van der Waals surface area (Å²) in [5, 5.41) is 1.32. The Kier molecular flexibility index (Phi) is 5.47. The van der Waals surface area contributed by atoms with Crippen LogP contribution in [0, 0.1) is 6.92 Å². The number of rotatable bonds is 5. The normalized spacial score (nSPS) is 22.0. The smallest absolute Gasteiger partial charge is 0.0869 e. The lowest BCUT2D eigenvalue weighted by atomic mass is 9.88. The van der Waals surface area contributed by atoms with E-state index in [1.807, 2.05) is 0 Å². The molecule has 0 radical (unpaired) electrons. The van der Waals surface area contributed by atoms with E-state index >= 15 is 0 Å². The van der Waals surface area contributed by atoms with Crippen LogP contribution in [-0.2, 0) is 0 Å². The fraction of sp³-hybridized carbons (Fsp3) is 0.625. The first kappa shape index (κ1) is 17.8. The molecule has 2 aliphatic carbocycles. The third-order valence-electron chi connectivity index (χ3n) is 6.67. The van der Waals surface area contributed by atoms with Crippen LogP contribution in [-0.4, -0.2) is 12.1 Å². The first-order chi connectivity index (χ1) is 12.8. The number of anilines is 1. The highest BCUT2D eigenvalue weighted by molar-refractivity contribution is 5.66. The summed E-state index contributed by atoms with van der Waals surface area (Å²) in [7, 11) is 0. The summed E-state index contributed by atoms with van der Waals surface area (Å²) in [6, 6.07) is 12.5. The van der Waals surface area contributed by atoms with E-state index in [0.717, 1.165) is 12.1 Å². The number of nitrogens with zero attached hydrogens (tertiary/aromatic N) is 2. The van der Waals surface area contributed by atoms with E-state index in [1.54, 1.807) is 0 Å². The van der Waals surface area contributed by atoms with Crippen LogP contribution in [0.4, 0.5) is 5.69 Å². The van der Waals surface area contributed by atoms with Gasteiger partial charge in [0.05, 0.1) is 17.1 Å². The second-order valence-corrected chi connectivity index (χ2v) is 8.53. The number of hydrogen-bond donors (Lipinski definition) is 0. The van der Waals surface area contributed by atoms with Crippen molar-refractivity contribution in [1.82, 2.24) is 0 Å². The minimum absolute atomic E-state index is 0.248. The summed E-state index contributed by atoms with van der Waals surface area (Å²) < 4.78 is 0. The maximum Gasteiger partial charge on any atom is 0.0869 e. The van der Waals surface area contributed by atoms with Gasteiger partial charge in [-0.25, -0.2) is 0 Å². The topological polar surface area (TPSA) is 15.6 Å². The first-order valence-electron chi connectivity index (χ1n) is 10.9. The van der Waals surface area contributed by atoms with E-state index < -0.39 is 0 Å². The molecular formula is C24H34N2. The van der Waals surface area contributed by atoms with Crippen molar-refractivity contribution < 1.29 is 0 Å². The highest BCUT2D eigenvalue weighted by Gasteiger charge is 2.34. The Morgan fingerprint density at radius 3 is 1.92 bits per heavy atom. The van der Waals surface area contributed by atoms with Gasteiger partial charge in [-0.3, -0.25) is 4.99 Å². The zero-order valence-electron chi connectivity index (χ0n) is 16.6. The lowest BCUT2D eigenvalue weighted by Crippen LogP contribution is -2.45. The minimum Gasteiger partial charge on any atom is -0.364 e. The molecule has 2 aromatic carbocycles. The van der Waals surface area contributed by atoms with Crippen LogP contribution in [0.1, 0.15) is 88.3 Å². The Balaban J connectivity index is 1.60. The summed E-state index contributed by atoms with van der Waals surface area (Å²) in [5.41, 5.74) is 4.30. The third-order valence-corrected chi connectivity index (χ3v) is 6.67. The monoisotopic (exact) mass is 350 g/mol. The lowest BCUT2D eigenvalue weighted by molar-refractivity contribution is 0.341. The van der Waals surface area contributed by atoms with Crippen LogP contribution in [0.2, 0.25) is 0 Å². The van der Waals surface area contributed by atoms with E-state index in [-0.39, 0.29) is 6.04 Å². The van der Waals surface area contributed by atoms with Crippen LogP contribution in [0.5, 0.6) is 0 Å². The molecule has 2 saturated carbocycles. The van der Waals surface area contributed by atoms with Crippen molar-refractivity contribution in [1.29, 1.82) is 0 Å². The zero-order chi connectivity index (χ0) is 17.9. The number of benzene rings is 1. The molecule has 1 atom stereocenters. The van der Waals surface area contributed by atoms with Gasteiger partial charge in [-0.1, -0.05) is 68.9 Å². The highest BCUT2D eigenvalue weighted by atomic mass is 15.2. The van der Waals surface area contributed by atoms with Crippen molar-refractivity contribution in [2.45, 2.75) is 96.2 Å². The molecule has 140 valence electrons. The maximum atomic E-state index is 5.13. The highest BCUT2D eigenvalue weighted by Crippen LogP contribution is 2.37. The van der Waals surface area contributed by atoms with E-state index in [9.17, 15) is 0 Å². The molecule has 2 nitrogen and oxygen atoms in total. The molecular weight excluding hydrogens is 316 g/mol. The molecule has 0 aromatic heterocycles. The van der Waals surface area contributed by atoms with E-state index in [0.29, 0.717) is 0 Å². The van der Waals surface area contributed by atoms with Gasteiger partial charge in [0.15, 0.2) is 0 Å². The minimum atomic E-state index is 0.248. The zero-order valence-corrected chi connectivity index (χ0v) is 16.6. The van der Waals surface area contributed by atoms with Crippen LogP contribution in [0.3, 0.4) is 0 Å². The molecule has 0 amide bonds. The molecule has 0 aliphatic heterocycles. The van der Waals surface area contributed by atoms with Crippen LogP contribution >= 0.6 is 0 Å². The van der Waals surface area contributed by atoms with Gasteiger partial charge in [0.25, 0.3) is 0 Å². The quantitative estimate of drug-likeness (QED) is 0.645. The first-order valence-corrected chi connectivity index (χ1v) is 10.9. The van der Waals surface area contributed by atoms with E-state index in [4.69, 9.17) is 4.99 Å². The predicted octanol–water partition coefficient (Wildman–Crippen LogP) is 6.00. The molecule has 0 N–H and O–H groups in total. The van der Waals surface area contributed by atoms with Gasteiger partial charge in [0.2, 0.25) is 0 Å². The van der Waals surface area contributed by atoms with Gasteiger partial charge in [-0.05, 0) is 45.1 Å². The average molecular weight is 351 g/mol. The Hall–Kier alpha value is -1.57. The van der Waals surface area contributed by atoms with Crippen molar-refractivity contribution in [3.63, 3.8) is 0 Å². The molecule has 0 bridgehead atoms. The molecule has 0 heterocycles. The van der Waals surface area contributed by atoms with Crippen molar-refractivity contribution in [2.75, 3.05) is 4.90 Å². The summed E-state index contributed by atoms with van der Waals surface area (Å²) in [4.78, 5) is 7.98. The van der Waals surface area contributed by atoms with Gasteiger partial charge in [0, 0.05) is 17.6 Å². The van der Waals surface area contributed by atoms with Gasteiger partial charge >= 0.3 is 0 Å². The van der Waals surface area contributed by atoms with Crippen LogP contribution < -0.4 is 10.3 Å². The van der Waals surface area contributed by atoms with E-state index in [2.05, 4.69) is 49.1 Å². The van der Waals surface area contributed by atoms with Crippen molar-refractivity contribution in [2.24, 2.45) is 4.99 Å². The molecule has 2 aromatic rings. The SMILES string of the molecule is Cc1c(N(C2CCCCC2)C2CCCCC2)/c1=N\[C@@H](C)c1ccccc1. The Labute approximate surface area is 159 Å². The van der Waals surface area contributed by atoms with Gasteiger partial charge in [-0.15, -0.1) is 0 Å². The average Bonchev–Trinajstić information content (AvgIpc) is 3.32. The second kappa shape index (κ2) is 7.98. The predicted molar refractivity (Wildman–Crippen MR) is 110 cm³/mol. The van der Waals surface area contributed by atoms with Crippen molar-refractivity contribution in [3.8, 4) is 0 Å². The van der Waals surface area contributed by atoms with Gasteiger partial charge in [0.1, 0.15) is 0 Å². The molecule has 2 fully saturated rings. The third kappa shape index (κ3) is 3.75.